The highest BCUT2D eigenvalue weighted by atomic mass is 35.5. The Hall–Kier alpha value is -2.70. The van der Waals surface area contributed by atoms with Gasteiger partial charge in [-0.15, -0.1) is 11.3 Å². The minimum Gasteiger partial charge on any atom is -0.324 e. The van der Waals surface area contributed by atoms with Crippen molar-refractivity contribution < 1.29 is 14.0 Å². The lowest BCUT2D eigenvalue weighted by Gasteiger charge is -2.30. The third kappa shape index (κ3) is 3.46. The molecule has 1 N–H and O–H groups in total. The van der Waals surface area contributed by atoms with E-state index in [1.165, 1.54) is 28.4 Å². The molecule has 0 fully saturated rings. The molecule has 0 saturated heterocycles. The monoisotopic (exact) mass is 400 g/mol. The second kappa shape index (κ2) is 7.13. The molecule has 0 spiro atoms. The van der Waals surface area contributed by atoms with E-state index in [1.54, 1.807) is 42.5 Å². The third-order valence-corrected chi connectivity index (χ3v) is 5.48. The summed E-state index contributed by atoms with van der Waals surface area (Å²) in [7, 11) is 0. The minimum absolute atomic E-state index is 0.120. The summed E-state index contributed by atoms with van der Waals surface area (Å²) in [5.41, 5.74) is 1.96. The van der Waals surface area contributed by atoms with Gasteiger partial charge in [0.15, 0.2) is 0 Å². The summed E-state index contributed by atoms with van der Waals surface area (Å²) in [6.07, 6.45) is 0. The number of nitrogens with one attached hydrogen (secondary N) is 1. The standard InChI is InChI=1S/C20H14ClFN2O2S/c21-13-5-8-16-15(10-13)19(12-3-6-14(22)7-4-12)24(11-18(25)23-16)20(26)17-2-1-9-27-17/h1-10,19H,11H2,(H,23,25)/t19-/m0/s1. The number of carbonyl (C=O) groups is 2. The number of halogens is 2. The van der Waals surface area contributed by atoms with Gasteiger partial charge in [0.05, 0.1) is 10.9 Å². The van der Waals surface area contributed by atoms with Crippen molar-refractivity contribution in [2.24, 2.45) is 0 Å². The van der Waals surface area contributed by atoms with Crippen LogP contribution in [0.2, 0.25) is 5.02 Å². The molecule has 0 unspecified atom stereocenters. The Labute approximate surface area is 164 Å². The molecular formula is C20H14ClFN2O2S. The first-order valence-electron chi connectivity index (χ1n) is 8.22. The van der Waals surface area contributed by atoms with E-state index in [0.29, 0.717) is 26.7 Å². The molecule has 7 heteroatoms. The first-order valence-corrected chi connectivity index (χ1v) is 9.48. The smallest absolute Gasteiger partial charge is 0.265 e. The Morgan fingerprint density at radius 3 is 2.67 bits per heavy atom. The fourth-order valence-corrected chi connectivity index (χ4v) is 4.07. The molecule has 4 rings (SSSR count). The van der Waals surface area contributed by atoms with Crippen LogP contribution < -0.4 is 5.32 Å². The van der Waals surface area contributed by atoms with Crippen molar-refractivity contribution in [2.75, 3.05) is 11.9 Å². The van der Waals surface area contributed by atoms with E-state index in [0.717, 1.165) is 0 Å². The van der Waals surface area contributed by atoms with Crippen LogP contribution in [-0.4, -0.2) is 23.3 Å². The predicted molar refractivity (Wildman–Crippen MR) is 104 cm³/mol. The zero-order chi connectivity index (χ0) is 19.0. The quantitative estimate of drug-likeness (QED) is 0.676. The average Bonchev–Trinajstić information content (AvgIpc) is 3.14. The van der Waals surface area contributed by atoms with Crippen LogP contribution in [0, 0.1) is 5.82 Å². The lowest BCUT2D eigenvalue weighted by Crippen LogP contribution is -2.38. The Kier molecular flexibility index (Phi) is 4.68. The number of benzene rings is 2. The molecule has 0 bridgehead atoms. The Bertz CT molecular complexity index is 1010. The van der Waals surface area contributed by atoms with Crippen LogP contribution in [0.4, 0.5) is 10.1 Å². The summed E-state index contributed by atoms with van der Waals surface area (Å²) >= 11 is 7.50. The van der Waals surface area contributed by atoms with Gasteiger partial charge in [0.1, 0.15) is 12.4 Å². The first kappa shape index (κ1) is 17.7. The number of fused-ring (bicyclic) bond motifs is 1. The predicted octanol–water partition coefficient (Wildman–Crippen LogP) is 4.72. The minimum atomic E-state index is -0.576. The van der Waals surface area contributed by atoms with E-state index in [1.807, 2.05) is 5.38 Å². The van der Waals surface area contributed by atoms with E-state index in [9.17, 15) is 14.0 Å². The van der Waals surface area contributed by atoms with E-state index >= 15 is 0 Å². The average molecular weight is 401 g/mol. The largest absolute Gasteiger partial charge is 0.324 e. The molecule has 1 aromatic heterocycles. The van der Waals surface area contributed by atoms with E-state index in [4.69, 9.17) is 11.6 Å². The number of anilines is 1. The molecule has 0 saturated carbocycles. The highest BCUT2D eigenvalue weighted by molar-refractivity contribution is 7.12. The summed E-state index contributed by atoms with van der Waals surface area (Å²) in [4.78, 5) is 27.6. The summed E-state index contributed by atoms with van der Waals surface area (Å²) in [5.74, 6) is -0.931. The summed E-state index contributed by atoms with van der Waals surface area (Å²) in [6, 6.07) is 14.0. The van der Waals surface area contributed by atoms with Gasteiger partial charge in [0.25, 0.3) is 5.91 Å². The van der Waals surface area contributed by atoms with Gasteiger partial charge in [0.2, 0.25) is 5.91 Å². The van der Waals surface area contributed by atoms with Gasteiger partial charge in [-0.05, 0) is 47.3 Å². The second-order valence-electron chi connectivity index (χ2n) is 6.14. The van der Waals surface area contributed by atoms with Crippen LogP contribution in [0.15, 0.2) is 60.0 Å². The summed E-state index contributed by atoms with van der Waals surface area (Å²) in [5, 5.41) is 5.12. The molecule has 0 radical (unpaired) electrons. The molecule has 1 atom stereocenters. The highest BCUT2D eigenvalue weighted by Gasteiger charge is 2.34. The van der Waals surface area contributed by atoms with E-state index in [2.05, 4.69) is 5.32 Å². The van der Waals surface area contributed by atoms with Crippen molar-refractivity contribution in [1.82, 2.24) is 4.90 Å². The number of hydrogen-bond acceptors (Lipinski definition) is 3. The molecule has 1 aliphatic rings. The Balaban J connectivity index is 1.90. The summed E-state index contributed by atoms with van der Waals surface area (Å²) < 4.78 is 13.5. The maximum absolute atomic E-state index is 13.5. The van der Waals surface area contributed by atoms with Crippen molar-refractivity contribution in [3.8, 4) is 0 Å². The van der Waals surface area contributed by atoms with Gasteiger partial charge in [-0.2, -0.15) is 0 Å². The summed E-state index contributed by atoms with van der Waals surface area (Å²) in [6.45, 7) is -0.120. The molecule has 1 aliphatic heterocycles. The second-order valence-corrected chi connectivity index (χ2v) is 7.53. The van der Waals surface area contributed by atoms with Gasteiger partial charge in [-0.1, -0.05) is 29.8 Å². The SMILES string of the molecule is O=C1CN(C(=O)c2cccs2)[C@@H](c2ccc(F)cc2)c2cc(Cl)ccc2N1. The van der Waals surface area contributed by atoms with Gasteiger partial charge >= 0.3 is 0 Å². The van der Waals surface area contributed by atoms with Crippen molar-refractivity contribution in [3.05, 3.63) is 86.8 Å². The van der Waals surface area contributed by atoms with Crippen molar-refractivity contribution >= 4 is 40.4 Å². The maximum Gasteiger partial charge on any atom is 0.265 e. The van der Waals surface area contributed by atoms with Crippen molar-refractivity contribution in [3.63, 3.8) is 0 Å². The van der Waals surface area contributed by atoms with Crippen molar-refractivity contribution in [1.29, 1.82) is 0 Å². The number of amides is 2. The molecule has 136 valence electrons. The molecule has 27 heavy (non-hydrogen) atoms. The molecular weight excluding hydrogens is 387 g/mol. The van der Waals surface area contributed by atoms with Gasteiger partial charge in [0, 0.05) is 16.3 Å². The topological polar surface area (TPSA) is 49.4 Å². The highest BCUT2D eigenvalue weighted by Crippen LogP contribution is 2.38. The van der Waals surface area contributed by atoms with E-state index < -0.39 is 6.04 Å². The lowest BCUT2D eigenvalue weighted by molar-refractivity contribution is -0.117. The zero-order valence-electron chi connectivity index (χ0n) is 14.0. The van der Waals surface area contributed by atoms with Crippen LogP contribution in [0.1, 0.15) is 26.8 Å². The van der Waals surface area contributed by atoms with Crippen LogP contribution in [0.5, 0.6) is 0 Å². The van der Waals surface area contributed by atoms with Gasteiger partial charge in [-0.25, -0.2) is 4.39 Å². The molecule has 3 aromatic rings. The number of carbonyl (C=O) groups excluding carboxylic acids is 2. The Morgan fingerprint density at radius 2 is 1.96 bits per heavy atom. The van der Waals surface area contributed by atoms with Gasteiger partial charge in [-0.3, -0.25) is 9.59 Å². The van der Waals surface area contributed by atoms with Crippen LogP contribution >= 0.6 is 22.9 Å². The molecule has 4 nitrogen and oxygen atoms in total. The van der Waals surface area contributed by atoms with Crippen LogP contribution in [0.3, 0.4) is 0 Å². The Morgan fingerprint density at radius 1 is 1.19 bits per heavy atom. The maximum atomic E-state index is 13.5. The number of nitrogens with zero attached hydrogens (tertiary/aromatic N) is 1. The number of hydrogen-bond donors (Lipinski definition) is 1. The van der Waals surface area contributed by atoms with Crippen LogP contribution in [-0.2, 0) is 4.79 Å². The fourth-order valence-electron chi connectivity index (χ4n) is 3.21. The lowest BCUT2D eigenvalue weighted by atomic mass is 9.95. The van der Waals surface area contributed by atoms with Crippen molar-refractivity contribution in [2.45, 2.75) is 6.04 Å². The van der Waals surface area contributed by atoms with Crippen LogP contribution in [0.25, 0.3) is 0 Å². The normalized spacial score (nSPS) is 16.4. The fraction of sp³-hybridized carbons (Fsp3) is 0.100. The molecule has 2 amide bonds. The first-order chi connectivity index (χ1) is 13.0. The van der Waals surface area contributed by atoms with Gasteiger partial charge < -0.3 is 10.2 Å². The zero-order valence-corrected chi connectivity index (χ0v) is 15.6. The number of thiophene rings is 1. The number of rotatable bonds is 2. The molecule has 2 heterocycles. The molecule has 2 aromatic carbocycles. The van der Waals surface area contributed by atoms with E-state index in [-0.39, 0.29) is 24.2 Å². The molecule has 0 aliphatic carbocycles. The third-order valence-electron chi connectivity index (χ3n) is 4.39.